The zero-order chi connectivity index (χ0) is 16.8. The Morgan fingerprint density at radius 3 is 3.04 bits per heavy atom. The summed E-state index contributed by atoms with van der Waals surface area (Å²) in [7, 11) is 0. The van der Waals surface area contributed by atoms with Crippen LogP contribution in [-0.4, -0.2) is 45.5 Å². The number of carboxylic acids is 1. The zero-order valence-electron chi connectivity index (χ0n) is 12.7. The number of halogens is 1. The van der Waals surface area contributed by atoms with Crippen LogP contribution in [0.3, 0.4) is 0 Å². The van der Waals surface area contributed by atoms with E-state index in [0.29, 0.717) is 23.1 Å². The van der Waals surface area contributed by atoms with Crippen molar-refractivity contribution in [3.05, 3.63) is 17.3 Å². The molecule has 126 valence electrons. The van der Waals surface area contributed by atoms with Crippen molar-refractivity contribution in [3.63, 3.8) is 0 Å². The predicted octanol–water partition coefficient (Wildman–Crippen LogP) is 2.42. The van der Waals surface area contributed by atoms with Crippen LogP contribution in [-0.2, 0) is 9.53 Å². The van der Waals surface area contributed by atoms with E-state index in [0.717, 1.165) is 12.2 Å². The topological polar surface area (TPSA) is 110 Å². The fraction of sp³-hybridized carbons (Fsp3) is 0.500. The number of ether oxygens (including phenoxy) is 1. The van der Waals surface area contributed by atoms with Crippen LogP contribution in [0.25, 0.3) is 0 Å². The molecule has 1 aliphatic rings. The number of carboxylic acid groups (broad SMARTS) is 1. The lowest BCUT2D eigenvalue weighted by Gasteiger charge is -2.16. The summed E-state index contributed by atoms with van der Waals surface area (Å²) in [4.78, 5) is 19.1. The lowest BCUT2D eigenvalue weighted by Crippen LogP contribution is -2.22. The molecule has 0 fully saturated rings. The second-order valence-corrected chi connectivity index (χ2v) is 6.44. The Morgan fingerprint density at radius 1 is 1.57 bits per heavy atom. The Kier molecular flexibility index (Phi) is 6.49. The van der Waals surface area contributed by atoms with E-state index in [1.54, 1.807) is 0 Å². The number of aliphatic carboxylic acids is 1. The first-order valence-electron chi connectivity index (χ1n) is 7.23. The highest BCUT2D eigenvalue weighted by atomic mass is 35.5. The number of nitrogen functional groups attached to an aromatic ring is 1. The molecule has 1 aromatic rings. The molecule has 2 rings (SSSR count). The van der Waals surface area contributed by atoms with Crippen LogP contribution in [0.2, 0.25) is 5.15 Å². The summed E-state index contributed by atoms with van der Waals surface area (Å²) < 4.78 is 5.24. The van der Waals surface area contributed by atoms with Crippen LogP contribution in [0, 0.1) is 0 Å². The number of anilines is 2. The van der Waals surface area contributed by atoms with Crippen molar-refractivity contribution >= 4 is 40.8 Å². The molecule has 9 heteroatoms. The number of nitrogens with two attached hydrogens (primary N) is 1. The second kappa shape index (κ2) is 8.37. The lowest BCUT2D eigenvalue weighted by atomic mass is 10.2. The van der Waals surface area contributed by atoms with Crippen molar-refractivity contribution in [2.75, 3.05) is 23.4 Å². The number of aromatic nitrogens is 2. The Labute approximate surface area is 143 Å². The summed E-state index contributed by atoms with van der Waals surface area (Å²) >= 11 is 7.58. The molecule has 0 unspecified atom stereocenters. The van der Waals surface area contributed by atoms with Crippen molar-refractivity contribution in [1.82, 2.24) is 9.97 Å². The van der Waals surface area contributed by atoms with Gasteiger partial charge in [-0.3, -0.25) is 0 Å². The average Bonchev–Trinajstić information content (AvgIpc) is 2.95. The number of carbonyl (C=O) groups is 1. The van der Waals surface area contributed by atoms with Gasteiger partial charge in [0, 0.05) is 18.2 Å². The molecule has 1 aromatic heterocycles. The third-order valence-electron chi connectivity index (χ3n) is 3.10. The Morgan fingerprint density at radius 2 is 2.35 bits per heavy atom. The van der Waals surface area contributed by atoms with E-state index >= 15 is 0 Å². The van der Waals surface area contributed by atoms with Crippen LogP contribution in [0.5, 0.6) is 0 Å². The van der Waals surface area contributed by atoms with Gasteiger partial charge in [-0.2, -0.15) is 0 Å². The SMILES string of the molecule is CCCSc1nc(Cl)c(N)c(N[C@@H]2C=C[C@@H](OCC(=O)O)C2)n1. The van der Waals surface area contributed by atoms with Crippen LogP contribution in [0.15, 0.2) is 17.3 Å². The molecule has 1 heterocycles. The predicted molar refractivity (Wildman–Crippen MR) is 91.0 cm³/mol. The van der Waals surface area contributed by atoms with Gasteiger partial charge in [-0.1, -0.05) is 42.4 Å². The summed E-state index contributed by atoms with van der Waals surface area (Å²) in [6, 6.07) is -0.0499. The highest BCUT2D eigenvalue weighted by Gasteiger charge is 2.22. The number of thioether (sulfide) groups is 1. The van der Waals surface area contributed by atoms with Crippen molar-refractivity contribution < 1.29 is 14.6 Å². The monoisotopic (exact) mass is 358 g/mol. The summed E-state index contributed by atoms with van der Waals surface area (Å²) in [5.41, 5.74) is 6.23. The highest BCUT2D eigenvalue weighted by molar-refractivity contribution is 7.99. The largest absolute Gasteiger partial charge is 0.480 e. The Bertz CT molecular complexity index is 600. The fourth-order valence-corrected chi connectivity index (χ4v) is 2.96. The third-order valence-corrected chi connectivity index (χ3v) is 4.44. The summed E-state index contributed by atoms with van der Waals surface area (Å²) in [5.74, 6) is 0.394. The van der Waals surface area contributed by atoms with Crippen LogP contribution in [0.1, 0.15) is 19.8 Å². The minimum absolute atomic E-state index is 0.0499. The van der Waals surface area contributed by atoms with Gasteiger partial charge in [-0.25, -0.2) is 14.8 Å². The summed E-state index contributed by atoms with van der Waals surface area (Å²) in [5, 5.41) is 12.6. The van der Waals surface area contributed by atoms with E-state index in [1.165, 1.54) is 11.8 Å². The smallest absolute Gasteiger partial charge is 0.329 e. The summed E-state index contributed by atoms with van der Waals surface area (Å²) in [6.45, 7) is 1.76. The molecule has 1 aliphatic carbocycles. The molecule has 0 saturated carbocycles. The lowest BCUT2D eigenvalue weighted by molar-refractivity contribution is -0.143. The van der Waals surface area contributed by atoms with Gasteiger partial charge in [0.1, 0.15) is 12.3 Å². The number of rotatable bonds is 8. The van der Waals surface area contributed by atoms with Gasteiger partial charge in [-0.05, 0) is 6.42 Å². The van der Waals surface area contributed by atoms with Gasteiger partial charge >= 0.3 is 5.97 Å². The second-order valence-electron chi connectivity index (χ2n) is 5.02. The first kappa shape index (κ1) is 17.8. The van der Waals surface area contributed by atoms with Gasteiger partial charge in [-0.15, -0.1) is 0 Å². The highest BCUT2D eigenvalue weighted by Crippen LogP contribution is 2.29. The quantitative estimate of drug-likeness (QED) is 0.281. The number of hydrogen-bond acceptors (Lipinski definition) is 7. The standard InChI is InChI=1S/C14H19ClN4O3S/c1-2-5-23-14-18-12(15)11(16)13(19-14)17-8-3-4-9(6-8)22-7-10(20)21/h3-4,8-9H,2,5-7,16H2,1H3,(H,20,21)(H,17,18,19)/t8-,9-/m1/s1. The minimum Gasteiger partial charge on any atom is -0.480 e. The molecule has 0 spiro atoms. The van der Waals surface area contributed by atoms with Gasteiger partial charge in [0.2, 0.25) is 0 Å². The molecule has 0 radical (unpaired) electrons. The Hall–Kier alpha value is -1.51. The van der Waals surface area contributed by atoms with Gasteiger partial charge < -0.3 is 20.9 Å². The third kappa shape index (κ3) is 5.26. The first-order chi connectivity index (χ1) is 11.0. The van der Waals surface area contributed by atoms with Gasteiger partial charge in [0.15, 0.2) is 16.1 Å². The molecular weight excluding hydrogens is 340 g/mol. The average molecular weight is 359 g/mol. The van der Waals surface area contributed by atoms with Crippen LogP contribution < -0.4 is 11.1 Å². The van der Waals surface area contributed by atoms with E-state index in [4.69, 9.17) is 27.2 Å². The molecule has 23 heavy (non-hydrogen) atoms. The van der Waals surface area contributed by atoms with Crippen molar-refractivity contribution in [2.24, 2.45) is 0 Å². The maximum absolute atomic E-state index is 10.5. The van der Waals surface area contributed by atoms with E-state index in [2.05, 4.69) is 22.2 Å². The molecule has 7 nitrogen and oxygen atoms in total. The fourth-order valence-electron chi connectivity index (χ4n) is 2.04. The Balaban J connectivity index is 1.99. The normalized spacial score (nSPS) is 19.9. The van der Waals surface area contributed by atoms with Crippen LogP contribution >= 0.6 is 23.4 Å². The molecule has 4 N–H and O–H groups in total. The van der Waals surface area contributed by atoms with Gasteiger partial charge in [0.05, 0.1) is 6.10 Å². The molecule has 0 bridgehead atoms. The molecule has 0 amide bonds. The maximum atomic E-state index is 10.5. The molecule has 0 aliphatic heterocycles. The van der Waals surface area contributed by atoms with Crippen molar-refractivity contribution in [1.29, 1.82) is 0 Å². The summed E-state index contributed by atoms with van der Waals surface area (Å²) in [6.07, 6.45) is 5.10. The molecule has 0 aromatic carbocycles. The van der Waals surface area contributed by atoms with E-state index in [-0.39, 0.29) is 23.9 Å². The zero-order valence-corrected chi connectivity index (χ0v) is 14.2. The minimum atomic E-state index is -0.987. The first-order valence-corrected chi connectivity index (χ1v) is 8.60. The number of nitrogens with one attached hydrogen (secondary N) is 1. The van der Waals surface area contributed by atoms with Crippen molar-refractivity contribution in [2.45, 2.75) is 37.1 Å². The molecule has 0 saturated heterocycles. The van der Waals surface area contributed by atoms with Gasteiger partial charge in [0.25, 0.3) is 0 Å². The molecule has 2 atom stereocenters. The molecular formula is C14H19ClN4O3S. The van der Waals surface area contributed by atoms with Crippen LogP contribution in [0.4, 0.5) is 11.5 Å². The van der Waals surface area contributed by atoms with E-state index in [9.17, 15) is 4.79 Å². The number of hydrogen-bond donors (Lipinski definition) is 3. The van der Waals surface area contributed by atoms with E-state index < -0.39 is 5.97 Å². The van der Waals surface area contributed by atoms with Crippen molar-refractivity contribution in [3.8, 4) is 0 Å². The number of nitrogens with zero attached hydrogens (tertiary/aromatic N) is 2. The maximum Gasteiger partial charge on any atom is 0.329 e. The van der Waals surface area contributed by atoms with E-state index in [1.807, 2.05) is 12.2 Å².